The number of rotatable bonds is 5. The summed E-state index contributed by atoms with van der Waals surface area (Å²) in [5.74, 6) is -0.158. The first-order chi connectivity index (χ1) is 12.7. The average molecular weight is 349 g/mol. The van der Waals surface area contributed by atoms with Crippen LogP contribution in [0.15, 0.2) is 48.9 Å². The summed E-state index contributed by atoms with van der Waals surface area (Å²) in [5, 5.41) is 1.99. The Morgan fingerprint density at radius 2 is 1.85 bits per heavy atom. The molecular formula is C21H20FN3O. The van der Waals surface area contributed by atoms with Gasteiger partial charge in [0.15, 0.2) is 5.78 Å². The Bertz CT molecular complexity index is 951. The SMILES string of the molecule is O=C(Cc1cc2cc(-c3cncc(F)c3)ccc2cn1)CN1CCCC1. The molecule has 1 aliphatic rings. The van der Waals surface area contributed by atoms with Crippen LogP contribution in [0.25, 0.3) is 21.9 Å². The molecule has 4 nitrogen and oxygen atoms in total. The van der Waals surface area contributed by atoms with E-state index in [0.717, 1.165) is 40.7 Å². The highest BCUT2D eigenvalue weighted by molar-refractivity contribution is 5.88. The molecule has 26 heavy (non-hydrogen) atoms. The lowest BCUT2D eigenvalue weighted by atomic mass is 10.0. The molecule has 2 aromatic heterocycles. The maximum absolute atomic E-state index is 13.4. The highest BCUT2D eigenvalue weighted by Crippen LogP contribution is 2.24. The highest BCUT2D eigenvalue weighted by atomic mass is 19.1. The fourth-order valence-corrected chi connectivity index (χ4v) is 3.48. The number of carbonyl (C=O) groups excluding carboxylic acids is 1. The van der Waals surface area contributed by atoms with Gasteiger partial charge in [0, 0.05) is 29.0 Å². The molecule has 1 aliphatic heterocycles. The summed E-state index contributed by atoms with van der Waals surface area (Å²) in [5.41, 5.74) is 2.40. The van der Waals surface area contributed by atoms with E-state index in [9.17, 15) is 9.18 Å². The number of carbonyl (C=O) groups is 1. The quantitative estimate of drug-likeness (QED) is 0.705. The molecule has 1 fully saturated rings. The molecule has 3 heterocycles. The molecule has 0 unspecified atom stereocenters. The van der Waals surface area contributed by atoms with Crippen LogP contribution >= 0.6 is 0 Å². The van der Waals surface area contributed by atoms with Crippen LogP contribution in [0.3, 0.4) is 0 Å². The molecule has 0 bridgehead atoms. The van der Waals surface area contributed by atoms with E-state index in [4.69, 9.17) is 0 Å². The van der Waals surface area contributed by atoms with Crippen molar-refractivity contribution in [1.29, 1.82) is 0 Å². The molecule has 0 saturated carbocycles. The molecule has 132 valence electrons. The Labute approximate surface area is 151 Å². The number of fused-ring (bicyclic) bond motifs is 1. The number of halogens is 1. The van der Waals surface area contributed by atoms with Gasteiger partial charge in [0.1, 0.15) is 5.82 Å². The lowest BCUT2D eigenvalue weighted by Gasteiger charge is -2.13. The van der Waals surface area contributed by atoms with Gasteiger partial charge in [-0.25, -0.2) is 4.39 Å². The third-order valence-corrected chi connectivity index (χ3v) is 4.79. The van der Waals surface area contributed by atoms with E-state index in [1.165, 1.54) is 25.1 Å². The molecule has 3 aromatic rings. The van der Waals surface area contributed by atoms with E-state index in [-0.39, 0.29) is 11.6 Å². The fourth-order valence-electron chi connectivity index (χ4n) is 3.48. The van der Waals surface area contributed by atoms with Crippen LogP contribution in [-0.4, -0.2) is 40.3 Å². The zero-order chi connectivity index (χ0) is 17.9. The van der Waals surface area contributed by atoms with Gasteiger partial charge in [0.25, 0.3) is 0 Å². The summed E-state index contributed by atoms with van der Waals surface area (Å²) in [4.78, 5) is 22.8. The van der Waals surface area contributed by atoms with E-state index < -0.39 is 0 Å². The van der Waals surface area contributed by atoms with E-state index in [1.54, 1.807) is 12.4 Å². The largest absolute Gasteiger partial charge is 0.298 e. The van der Waals surface area contributed by atoms with Gasteiger partial charge in [0.2, 0.25) is 0 Å². The standard InChI is InChI=1S/C21H20FN3O/c22-19-8-18(11-23-13-19)15-3-4-16-12-24-20(9-17(16)7-15)10-21(26)14-25-5-1-2-6-25/h3-4,7-9,11-13H,1-2,5-6,10,14H2. The Hall–Kier alpha value is -2.66. The number of nitrogens with zero attached hydrogens (tertiary/aromatic N) is 3. The van der Waals surface area contributed by atoms with Gasteiger partial charge in [-0.2, -0.15) is 0 Å². The van der Waals surface area contributed by atoms with Crippen LogP contribution in [0, 0.1) is 5.82 Å². The van der Waals surface area contributed by atoms with E-state index in [2.05, 4.69) is 14.9 Å². The van der Waals surface area contributed by atoms with Gasteiger partial charge in [-0.05, 0) is 55.1 Å². The van der Waals surface area contributed by atoms with Crippen molar-refractivity contribution in [3.63, 3.8) is 0 Å². The minimum absolute atomic E-state index is 0.198. The number of aromatic nitrogens is 2. The average Bonchev–Trinajstić information content (AvgIpc) is 3.14. The third kappa shape index (κ3) is 3.78. The van der Waals surface area contributed by atoms with Gasteiger partial charge in [0.05, 0.1) is 19.2 Å². The van der Waals surface area contributed by atoms with Crippen LogP contribution in [-0.2, 0) is 11.2 Å². The van der Waals surface area contributed by atoms with Crippen molar-refractivity contribution in [3.05, 3.63) is 60.4 Å². The maximum Gasteiger partial charge on any atom is 0.152 e. The van der Waals surface area contributed by atoms with Crippen molar-refractivity contribution < 1.29 is 9.18 Å². The van der Waals surface area contributed by atoms with Crippen molar-refractivity contribution in [3.8, 4) is 11.1 Å². The summed E-state index contributed by atoms with van der Waals surface area (Å²) in [6.07, 6.45) is 7.34. The van der Waals surface area contributed by atoms with Crippen LogP contribution < -0.4 is 0 Å². The van der Waals surface area contributed by atoms with Crippen molar-refractivity contribution in [1.82, 2.24) is 14.9 Å². The Balaban J connectivity index is 1.56. The summed E-state index contributed by atoms with van der Waals surface area (Å²) >= 11 is 0. The number of hydrogen-bond acceptors (Lipinski definition) is 4. The molecule has 0 amide bonds. The Morgan fingerprint density at radius 3 is 2.65 bits per heavy atom. The smallest absolute Gasteiger partial charge is 0.152 e. The van der Waals surface area contributed by atoms with Crippen molar-refractivity contribution >= 4 is 16.6 Å². The zero-order valence-corrected chi connectivity index (χ0v) is 14.5. The normalized spacial score (nSPS) is 14.8. The minimum Gasteiger partial charge on any atom is -0.298 e. The summed E-state index contributed by atoms with van der Waals surface area (Å²) < 4.78 is 13.4. The molecule has 4 rings (SSSR count). The lowest BCUT2D eigenvalue weighted by molar-refractivity contribution is -0.119. The number of hydrogen-bond donors (Lipinski definition) is 0. The topological polar surface area (TPSA) is 46.1 Å². The van der Waals surface area contributed by atoms with Crippen LogP contribution in [0.2, 0.25) is 0 Å². The first-order valence-electron chi connectivity index (χ1n) is 8.91. The number of ketones is 1. The van der Waals surface area contributed by atoms with E-state index in [1.807, 2.05) is 24.3 Å². The first kappa shape index (κ1) is 16.8. The maximum atomic E-state index is 13.4. The van der Waals surface area contributed by atoms with Gasteiger partial charge in [-0.3, -0.25) is 19.7 Å². The van der Waals surface area contributed by atoms with Crippen LogP contribution in [0.5, 0.6) is 0 Å². The molecule has 0 atom stereocenters. The van der Waals surface area contributed by atoms with Gasteiger partial charge in [-0.15, -0.1) is 0 Å². The monoisotopic (exact) mass is 349 g/mol. The van der Waals surface area contributed by atoms with Gasteiger partial charge >= 0.3 is 0 Å². The molecule has 1 aromatic carbocycles. The van der Waals surface area contributed by atoms with E-state index >= 15 is 0 Å². The molecule has 0 N–H and O–H groups in total. The highest BCUT2D eigenvalue weighted by Gasteiger charge is 2.15. The van der Waals surface area contributed by atoms with Crippen molar-refractivity contribution in [2.24, 2.45) is 0 Å². The van der Waals surface area contributed by atoms with Gasteiger partial charge < -0.3 is 0 Å². The number of likely N-dealkylation sites (tertiary alicyclic amines) is 1. The molecule has 0 radical (unpaired) electrons. The summed E-state index contributed by atoms with van der Waals surface area (Å²) in [6.45, 7) is 2.54. The number of Topliss-reactive ketones (excluding diaryl/α,β-unsaturated/α-hetero) is 1. The second-order valence-corrected chi connectivity index (χ2v) is 6.83. The Kier molecular flexibility index (Phi) is 4.71. The third-order valence-electron chi connectivity index (χ3n) is 4.79. The zero-order valence-electron chi connectivity index (χ0n) is 14.5. The molecule has 0 aliphatic carbocycles. The molecular weight excluding hydrogens is 329 g/mol. The predicted molar refractivity (Wildman–Crippen MR) is 99.3 cm³/mol. The van der Waals surface area contributed by atoms with Crippen LogP contribution in [0.1, 0.15) is 18.5 Å². The molecule has 0 spiro atoms. The fraction of sp³-hybridized carbons (Fsp3) is 0.286. The summed E-state index contributed by atoms with van der Waals surface area (Å²) in [6, 6.07) is 9.29. The van der Waals surface area contributed by atoms with Crippen LogP contribution in [0.4, 0.5) is 4.39 Å². The first-order valence-corrected chi connectivity index (χ1v) is 8.91. The second-order valence-electron chi connectivity index (χ2n) is 6.83. The molecule has 5 heteroatoms. The number of pyridine rings is 2. The number of benzene rings is 1. The minimum atomic E-state index is -0.356. The second kappa shape index (κ2) is 7.30. The van der Waals surface area contributed by atoms with E-state index in [0.29, 0.717) is 13.0 Å². The van der Waals surface area contributed by atoms with Crippen molar-refractivity contribution in [2.75, 3.05) is 19.6 Å². The van der Waals surface area contributed by atoms with Gasteiger partial charge in [-0.1, -0.05) is 12.1 Å². The summed E-state index contributed by atoms with van der Waals surface area (Å²) in [7, 11) is 0. The Morgan fingerprint density at radius 1 is 1.00 bits per heavy atom. The predicted octanol–water partition coefficient (Wildman–Crippen LogP) is 3.64. The lowest BCUT2D eigenvalue weighted by Crippen LogP contribution is -2.27. The molecule has 1 saturated heterocycles. The van der Waals surface area contributed by atoms with Crippen molar-refractivity contribution in [2.45, 2.75) is 19.3 Å².